The van der Waals surface area contributed by atoms with E-state index in [4.69, 9.17) is 4.98 Å². The second-order valence-electron chi connectivity index (χ2n) is 9.90. The van der Waals surface area contributed by atoms with Gasteiger partial charge in [-0.25, -0.2) is 4.98 Å². The van der Waals surface area contributed by atoms with E-state index in [2.05, 4.69) is 148 Å². The molecule has 0 saturated carbocycles. The Morgan fingerprint density at radius 1 is 0.667 bits per heavy atom. The second kappa shape index (κ2) is 8.67. The molecule has 4 heteroatoms. The average Bonchev–Trinajstić information content (AvgIpc) is 3.34. The first-order valence-corrected chi connectivity index (χ1v) is 13.3. The molecule has 1 aliphatic heterocycles. The third kappa shape index (κ3) is 3.32. The number of anilines is 3. The van der Waals surface area contributed by atoms with Crippen molar-refractivity contribution in [3.8, 4) is 0 Å². The lowest BCUT2D eigenvalue weighted by molar-refractivity contribution is 0.773. The lowest BCUT2D eigenvalue weighted by Crippen LogP contribution is -2.30. The monoisotopic (exact) mass is 501 g/mol. The Labute approximate surface area is 226 Å². The van der Waals surface area contributed by atoms with Crippen molar-refractivity contribution in [2.45, 2.75) is 6.04 Å². The number of pyridine rings is 1. The second-order valence-corrected chi connectivity index (χ2v) is 9.90. The summed E-state index contributed by atoms with van der Waals surface area (Å²) in [5.74, 6) is 0. The van der Waals surface area contributed by atoms with Crippen LogP contribution in [0.25, 0.3) is 21.9 Å². The van der Waals surface area contributed by atoms with Crippen LogP contribution in [0.3, 0.4) is 0 Å². The summed E-state index contributed by atoms with van der Waals surface area (Å²) < 4.78 is 4.83. The lowest BCUT2D eigenvalue weighted by atomic mass is 10.0. The molecule has 0 amide bonds. The summed E-state index contributed by atoms with van der Waals surface area (Å²) in [7, 11) is 0. The van der Waals surface area contributed by atoms with Gasteiger partial charge in [-0.15, -0.1) is 0 Å². The molecule has 1 aliphatic carbocycles. The number of aromatic nitrogens is 2. The fraction of sp³-hybridized carbons (Fsp3) is 0.0286. The van der Waals surface area contributed by atoms with Crippen molar-refractivity contribution in [1.29, 1.82) is 0 Å². The minimum atomic E-state index is 0.0582. The first kappa shape index (κ1) is 21.8. The van der Waals surface area contributed by atoms with E-state index in [-0.39, 0.29) is 6.04 Å². The van der Waals surface area contributed by atoms with Crippen LogP contribution >= 0.6 is 0 Å². The van der Waals surface area contributed by atoms with Crippen LogP contribution in [0.5, 0.6) is 0 Å². The maximum atomic E-state index is 4.90. The third-order valence-corrected chi connectivity index (χ3v) is 7.67. The van der Waals surface area contributed by atoms with Gasteiger partial charge in [0.15, 0.2) is 0 Å². The van der Waals surface area contributed by atoms with Crippen LogP contribution in [0.2, 0.25) is 0 Å². The zero-order valence-corrected chi connectivity index (χ0v) is 21.2. The van der Waals surface area contributed by atoms with E-state index in [0.29, 0.717) is 0 Å². The number of allylic oxidation sites excluding steroid dienone is 4. The van der Waals surface area contributed by atoms with Gasteiger partial charge in [0.1, 0.15) is 17.2 Å². The smallest absolute Gasteiger partial charge is 0.238 e. The largest absolute Gasteiger partial charge is 0.310 e. The van der Waals surface area contributed by atoms with Gasteiger partial charge in [-0.1, -0.05) is 72.8 Å². The summed E-state index contributed by atoms with van der Waals surface area (Å²) in [6, 6.07) is 40.8. The van der Waals surface area contributed by atoms with Crippen LogP contribution < -0.4 is 9.48 Å². The van der Waals surface area contributed by atoms with Gasteiger partial charge in [-0.2, -0.15) is 4.58 Å². The predicted molar refractivity (Wildman–Crippen MR) is 162 cm³/mol. The first-order chi connectivity index (χ1) is 19.4. The molecule has 0 radical (unpaired) electrons. The van der Waals surface area contributed by atoms with E-state index in [1.54, 1.807) is 0 Å². The quantitative estimate of drug-likeness (QED) is 0.226. The molecular weight excluding hydrogens is 476 g/mol. The van der Waals surface area contributed by atoms with Gasteiger partial charge in [0.05, 0.1) is 5.69 Å². The van der Waals surface area contributed by atoms with Gasteiger partial charge in [0.2, 0.25) is 17.1 Å². The molecule has 0 saturated heterocycles. The molecule has 4 nitrogen and oxygen atoms in total. The van der Waals surface area contributed by atoms with Gasteiger partial charge in [0.25, 0.3) is 0 Å². The molecule has 1 unspecified atom stereocenters. The number of benzene rings is 4. The maximum Gasteiger partial charge on any atom is 0.238 e. The van der Waals surface area contributed by atoms with Crippen LogP contribution in [-0.2, 0) is 0 Å². The Morgan fingerprint density at radius 3 is 2.08 bits per heavy atom. The minimum absolute atomic E-state index is 0.0582. The molecule has 2 aliphatic rings. The highest BCUT2D eigenvalue weighted by Gasteiger charge is 2.38. The molecule has 6 aromatic rings. The Bertz CT molecular complexity index is 1910. The molecule has 8 rings (SSSR count). The van der Waals surface area contributed by atoms with E-state index in [0.717, 1.165) is 39.5 Å². The van der Waals surface area contributed by atoms with E-state index in [1.165, 1.54) is 16.6 Å². The molecule has 0 fully saturated rings. The zero-order chi connectivity index (χ0) is 25.8. The van der Waals surface area contributed by atoms with E-state index < -0.39 is 0 Å². The normalized spacial score (nSPS) is 15.6. The Balaban J connectivity index is 1.51. The number of rotatable bonds is 4. The van der Waals surface area contributed by atoms with E-state index in [9.17, 15) is 0 Å². The Morgan fingerprint density at radius 2 is 1.36 bits per heavy atom. The standard InChI is InChI=1S/C35H25N4/c1-4-13-25(14-5-1)37(26-15-6-2-7-16-26)28-23-30-29-19-12-22-36-35(29)39-32-21-11-10-20-31(32)38(33(24-28)34(30)39)27-17-8-3-9-18-27/h1-24,32H/q+1. The average molecular weight is 502 g/mol. The zero-order valence-electron chi connectivity index (χ0n) is 21.2. The molecule has 2 aromatic heterocycles. The van der Waals surface area contributed by atoms with Gasteiger partial charge in [-0.3, -0.25) is 0 Å². The maximum absolute atomic E-state index is 4.90. The van der Waals surface area contributed by atoms with Crippen LogP contribution in [0.1, 0.15) is 6.04 Å². The number of para-hydroxylation sites is 3. The minimum Gasteiger partial charge on any atom is -0.310 e. The topological polar surface area (TPSA) is 24.1 Å². The third-order valence-electron chi connectivity index (χ3n) is 7.67. The highest BCUT2D eigenvalue weighted by atomic mass is 15.2. The molecule has 39 heavy (non-hydrogen) atoms. The summed E-state index contributed by atoms with van der Waals surface area (Å²) in [6.07, 6.45) is 10.7. The van der Waals surface area contributed by atoms with E-state index >= 15 is 0 Å². The van der Waals surface area contributed by atoms with Gasteiger partial charge in [0, 0.05) is 52.6 Å². The van der Waals surface area contributed by atoms with Crippen LogP contribution in [0, 0.1) is 0 Å². The predicted octanol–water partition coefficient (Wildman–Crippen LogP) is 8.62. The summed E-state index contributed by atoms with van der Waals surface area (Å²) >= 11 is 0. The molecule has 0 N–H and O–H groups in total. The van der Waals surface area contributed by atoms with Gasteiger partial charge >= 0.3 is 0 Å². The molecule has 3 heterocycles. The van der Waals surface area contributed by atoms with E-state index in [1.807, 2.05) is 12.3 Å². The summed E-state index contributed by atoms with van der Waals surface area (Å²) in [6.45, 7) is 0. The molecule has 0 spiro atoms. The molecule has 184 valence electrons. The number of hydrogen-bond acceptors (Lipinski definition) is 2. The molecule has 1 atom stereocenters. The molecule has 0 bridgehead atoms. The van der Waals surface area contributed by atoms with Crippen LogP contribution in [-0.4, -0.2) is 15.3 Å². The van der Waals surface area contributed by atoms with Crippen molar-refractivity contribution in [2.24, 2.45) is 0 Å². The van der Waals surface area contributed by atoms with Crippen molar-refractivity contribution < 1.29 is 0 Å². The summed E-state index contributed by atoms with van der Waals surface area (Å²) in [4.78, 5) is 7.24. The SMILES string of the molecule is C1=CC2=[N+](c3ccccc3)c3cc(N(c4ccccc4)c4ccccc4)cc4c5cccnc5n(c34)C2C=C1. The van der Waals surface area contributed by atoms with Crippen LogP contribution in [0.4, 0.5) is 28.4 Å². The molecular formula is C35H25N4+. The van der Waals surface area contributed by atoms with Gasteiger partial charge in [-0.05, 0) is 42.5 Å². The fourth-order valence-corrected chi connectivity index (χ4v) is 6.09. The lowest BCUT2D eigenvalue weighted by Gasteiger charge is -2.28. The van der Waals surface area contributed by atoms with Crippen LogP contribution in [0.15, 0.2) is 146 Å². The Kier molecular flexibility index (Phi) is 4.85. The number of nitrogens with zero attached hydrogens (tertiary/aromatic N) is 4. The summed E-state index contributed by atoms with van der Waals surface area (Å²) in [5, 5.41) is 2.36. The first-order valence-electron chi connectivity index (χ1n) is 13.3. The van der Waals surface area contributed by atoms with Crippen molar-refractivity contribution >= 4 is 56.1 Å². The van der Waals surface area contributed by atoms with Gasteiger partial charge < -0.3 is 9.47 Å². The molecule has 4 aromatic carbocycles. The summed E-state index contributed by atoms with van der Waals surface area (Å²) in [5.41, 5.74) is 9.05. The number of hydrogen-bond donors (Lipinski definition) is 0. The fourth-order valence-electron chi connectivity index (χ4n) is 6.09. The highest BCUT2D eigenvalue weighted by molar-refractivity contribution is 6.18. The van der Waals surface area contributed by atoms with Crippen molar-refractivity contribution in [1.82, 2.24) is 14.1 Å². The van der Waals surface area contributed by atoms with Crippen molar-refractivity contribution in [3.63, 3.8) is 0 Å². The number of fused-ring (bicyclic) bond motifs is 5. The van der Waals surface area contributed by atoms with Crippen molar-refractivity contribution in [3.05, 3.63) is 146 Å². The van der Waals surface area contributed by atoms with Crippen molar-refractivity contribution in [2.75, 3.05) is 4.90 Å². The highest BCUT2D eigenvalue weighted by Crippen LogP contribution is 2.47. The Hall–Kier alpha value is -5.22.